The second kappa shape index (κ2) is 8.85. The third-order valence-corrected chi connectivity index (χ3v) is 0.0680. The molecule has 0 saturated heterocycles. The van der Waals surface area contributed by atoms with E-state index in [1.807, 2.05) is 0 Å². The predicted molar refractivity (Wildman–Crippen MR) is 16.0 cm³/mol. The van der Waals surface area contributed by atoms with Crippen molar-refractivity contribution < 1.29 is 57.6 Å². The van der Waals surface area contributed by atoms with E-state index in [-0.39, 0.29) is 52.8 Å². The quantitative estimate of drug-likeness (QED) is 0.177. The van der Waals surface area contributed by atoms with Crippen LogP contribution in [-0.2, 0) is 4.79 Å². The van der Waals surface area contributed by atoms with Crippen molar-refractivity contribution in [2.24, 2.45) is 0 Å². The first kappa shape index (κ1) is 9.29. The molecule has 0 unspecified atom stereocenters. The first-order valence-electron chi connectivity index (χ1n) is 0.813. The summed E-state index contributed by atoms with van der Waals surface area (Å²) in [6.07, 6.45) is 4.81. The fourth-order valence-electron chi connectivity index (χ4n) is 0. The molecule has 0 aromatic rings. The van der Waals surface area contributed by atoms with Crippen LogP contribution < -0.4 is 51.4 Å². The van der Waals surface area contributed by atoms with Gasteiger partial charge < -0.3 is 1.43 Å². The van der Waals surface area contributed by atoms with E-state index in [4.69, 9.17) is 4.79 Å². The first-order valence-corrected chi connectivity index (χ1v) is 0.813. The molecule has 0 bridgehead atoms. The number of carbonyl (C=O) groups excluding carboxylic acids is 1. The van der Waals surface area contributed by atoms with Gasteiger partial charge in [-0.3, -0.25) is 4.79 Å². The van der Waals surface area contributed by atoms with E-state index < -0.39 is 0 Å². The Morgan fingerprint density at radius 2 is 2.20 bits per heavy atom. The van der Waals surface area contributed by atoms with E-state index in [2.05, 4.69) is 6.42 Å². The zero-order valence-electron chi connectivity index (χ0n) is 4.06. The average molecular weight is 94.2 g/mol. The summed E-state index contributed by atoms with van der Waals surface area (Å²) >= 11 is 0. The molecular weight excluding hydrogens is 91.1 g/mol. The second-order valence-corrected chi connectivity index (χ2v) is 0.285. The molecule has 0 aliphatic rings. The van der Waals surface area contributed by atoms with Gasteiger partial charge in [-0.05, 0) is 5.92 Å². The van der Waals surface area contributed by atoms with Crippen LogP contribution in [0, 0.1) is 12.3 Å². The van der Waals surface area contributed by atoms with Gasteiger partial charge in [0.2, 0.25) is 0 Å². The van der Waals surface area contributed by atoms with Crippen molar-refractivity contribution in [3.8, 4) is 12.3 Å². The number of hydrogen-bond acceptors (Lipinski definition) is 1. The van der Waals surface area contributed by atoms with Crippen molar-refractivity contribution in [3.63, 3.8) is 0 Å². The Kier molecular flexibility index (Phi) is 16.5. The SMILES string of the molecule is C#CC=O.[H-].[K+]. The summed E-state index contributed by atoms with van der Waals surface area (Å²) in [7, 11) is 0. The van der Waals surface area contributed by atoms with E-state index in [1.54, 1.807) is 5.92 Å². The molecule has 2 heteroatoms. The molecule has 0 atom stereocenters. The van der Waals surface area contributed by atoms with Crippen LogP contribution in [0.25, 0.3) is 0 Å². The van der Waals surface area contributed by atoms with Crippen LogP contribution in [-0.4, -0.2) is 6.29 Å². The van der Waals surface area contributed by atoms with Gasteiger partial charge in [-0.1, -0.05) is 0 Å². The normalized spacial score (nSPS) is 3.00. The summed E-state index contributed by atoms with van der Waals surface area (Å²) in [5.41, 5.74) is 0. The Labute approximate surface area is 75.0 Å². The van der Waals surface area contributed by atoms with E-state index in [9.17, 15) is 0 Å². The number of terminal acetylenes is 1. The third-order valence-electron chi connectivity index (χ3n) is 0.0680. The maximum absolute atomic E-state index is 8.94. The summed E-state index contributed by atoms with van der Waals surface area (Å²) in [4.78, 5) is 8.94. The summed E-state index contributed by atoms with van der Waals surface area (Å²) in [6, 6.07) is 0. The minimum atomic E-state index is 0. The monoisotopic (exact) mass is 94.0 g/mol. The van der Waals surface area contributed by atoms with Crippen LogP contribution in [0.4, 0.5) is 0 Å². The topological polar surface area (TPSA) is 17.1 Å². The fourth-order valence-corrected chi connectivity index (χ4v) is 0. The van der Waals surface area contributed by atoms with Crippen molar-refractivity contribution in [1.29, 1.82) is 0 Å². The molecule has 0 radical (unpaired) electrons. The van der Waals surface area contributed by atoms with Crippen LogP contribution >= 0.6 is 0 Å². The van der Waals surface area contributed by atoms with E-state index in [0.717, 1.165) is 0 Å². The van der Waals surface area contributed by atoms with Gasteiger partial charge in [-0.15, -0.1) is 6.42 Å². The largest absolute Gasteiger partial charge is 1.00 e. The fraction of sp³-hybridized carbons (Fsp3) is 0. The summed E-state index contributed by atoms with van der Waals surface area (Å²) in [6.45, 7) is 0. The zero-order valence-corrected chi connectivity index (χ0v) is 6.19. The van der Waals surface area contributed by atoms with Gasteiger partial charge in [-0.25, -0.2) is 0 Å². The predicted octanol–water partition coefficient (Wildman–Crippen LogP) is -3.06. The Morgan fingerprint density at radius 1 is 2.00 bits per heavy atom. The third kappa shape index (κ3) is 11.5. The number of carbonyl (C=O) groups is 1. The summed E-state index contributed by atoms with van der Waals surface area (Å²) < 4.78 is 0. The minimum absolute atomic E-state index is 0. The molecule has 0 rings (SSSR count). The van der Waals surface area contributed by atoms with Gasteiger partial charge in [0.05, 0.1) is 0 Å². The molecule has 1 nitrogen and oxygen atoms in total. The van der Waals surface area contributed by atoms with Crippen LogP contribution in [0.3, 0.4) is 0 Å². The van der Waals surface area contributed by atoms with Crippen molar-refractivity contribution in [3.05, 3.63) is 0 Å². The van der Waals surface area contributed by atoms with E-state index >= 15 is 0 Å². The van der Waals surface area contributed by atoms with Crippen LogP contribution in [0.2, 0.25) is 0 Å². The molecule has 0 heterocycles. The maximum atomic E-state index is 8.94. The Hall–Kier alpha value is 0.866. The van der Waals surface area contributed by atoms with Crippen LogP contribution in [0.5, 0.6) is 0 Å². The molecule has 0 spiro atoms. The van der Waals surface area contributed by atoms with Gasteiger partial charge in [0.15, 0.2) is 6.29 Å². The van der Waals surface area contributed by atoms with Crippen LogP contribution in [0.15, 0.2) is 0 Å². The average Bonchev–Trinajstić information content (AvgIpc) is 1.37. The number of hydrogen-bond donors (Lipinski definition) is 0. The second-order valence-electron chi connectivity index (χ2n) is 0.285. The smallest absolute Gasteiger partial charge is 1.00 e. The molecule has 0 aliphatic heterocycles. The van der Waals surface area contributed by atoms with Gasteiger partial charge in [0, 0.05) is 0 Å². The number of aldehydes is 1. The van der Waals surface area contributed by atoms with Gasteiger partial charge in [-0.2, -0.15) is 0 Å². The first-order chi connectivity index (χ1) is 1.91. The van der Waals surface area contributed by atoms with E-state index in [1.165, 1.54) is 0 Å². The zero-order chi connectivity index (χ0) is 3.41. The summed E-state index contributed by atoms with van der Waals surface area (Å²) in [5, 5.41) is 0. The molecule has 0 aromatic heterocycles. The molecule has 22 valence electrons. The van der Waals surface area contributed by atoms with Crippen molar-refractivity contribution >= 4 is 6.29 Å². The maximum Gasteiger partial charge on any atom is 1.00 e. The van der Waals surface area contributed by atoms with Gasteiger partial charge in [0.1, 0.15) is 0 Å². The molecular formula is C3H3KO. The standard InChI is InChI=1S/C3H2O.K.H/c1-2-3-4;;/h1,3H;;/q;+1;-1. The number of rotatable bonds is 0. The van der Waals surface area contributed by atoms with Gasteiger partial charge >= 0.3 is 51.4 Å². The van der Waals surface area contributed by atoms with Crippen molar-refractivity contribution in [2.75, 3.05) is 0 Å². The molecule has 0 N–H and O–H groups in total. The van der Waals surface area contributed by atoms with Crippen molar-refractivity contribution in [1.82, 2.24) is 0 Å². The van der Waals surface area contributed by atoms with Crippen LogP contribution in [0.1, 0.15) is 1.43 Å². The molecule has 0 amide bonds. The molecule has 0 fully saturated rings. The molecule has 5 heavy (non-hydrogen) atoms. The van der Waals surface area contributed by atoms with Gasteiger partial charge in [0.25, 0.3) is 0 Å². The van der Waals surface area contributed by atoms with E-state index in [0.29, 0.717) is 6.29 Å². The Balaban J connectivity index is -0.0000000450. The molecule has 0 aliphatic carbocycles. The minimum Gasteiger partial charge on any atom is -1.00 e. The molecule has 0 saturated carbocycles. The van der Waals surface area contributed by atoms with Crippen molar-refractivity contribution in [2.45, 2.75) is 0 Å². The summed E-state index contributed by atoms with van der Waals surface area (Å²) in [5.74, 6) is 1.75. The molecule has 0 aromatic carbocycles. The Morgan fingerprint density at radius 3 is 2.20 bits per heavy atom. The Bertz CT molecular complexity index is 56.3.